The standard InChI is InChI=1S/C16H22N4O/c1-12-14(11-19-20-12)6-4-10-18-16(21)9-8-13-5-2-3-7-15(13)17/h2-3,5,7,11H,4,6,8-10,17H2,1H3,(H,18,21)(H,19,20). The minimum atomic E-state index is 0.0715. The van der Waals surface area contributed by atoms with Gasteiger partial charge >= 0.3 is 0 Å². The van der Waals surface area contributed by atoms with Gasteiger partial charge in [0.05, 0.1) is 6.20 Å². The molecule has 0 fully saturated rings. The number of aromatic amines is 1. The van der Waals surface area contributed by atoms with Gasteiger partial charge in [-0.25, -0.2) is 0 Å². The molecular formula is C16H22N4O. The number of rotatable bonds is 7. The highest BCUT2D eigenvalue weighted by molar-refractivity contribution is 5.76. The molecule has 21 heavy (non-hydrogen) atoms. The van der Waals surface area contributed by atoms with Crippen molar-refractivity contribution in [2.24, 2.45) is 0 Å². The van der Waals surface area contributed by atoms with Crippen LogP contribution in [0.5, 0.6) is 0 Å². The molecule has 1 aromatic heterocycles. The normalized spacial score (nSPS) is 10.5. The zero-order valence-electron chi connectivity index (χ0n) is 12.4. The van der Waals surface area contributed by atoms with Crippen LogP contribution in [0.3, 0.4) is 0 Å². The van der Waals surface area contributed by atoms with Crippen molar-refractivity contribution in [3.8, 4) is 0 Å². The van der Waals surface area contributed by atoms with Crippen LogP contribution in [0, 0.1) is 6.92 Å². The minimum absolute atomic E-state index is 0.0715. The van der Waals surface area contributed by atoms with Crippen molar-refractivity contribution in [2.75, 3.05) is 12.3 Å². The molecule has 5 heteroatoms. The number of nitrogen functional groups attached to an aromatic ring is 1. The average molecular weight is 286 g/mol. The third-order valence-electron chi connectivity index (χ3n) is 3.56. The van der Waals surface area contributed by atoms with Gasteiger partial charge in [0.1, 0.15) is 0 Å². The van der Waals surface area contributed by atoms with E-state index < -0.39 is 0 Å². The Kier molecular flexibility index (Phi) is 5.37. The number of carbonyl (C=O) groups excluding carboxylic acids is 1. The molecule has 5 nitrogen and oxygen atoms in total. The summed E-state index contributed by atoms with van der Waals surface area (Å²) in [6.07, 6.45) is 4.83. The second-order valence-electron chi connectivity index (χ2n) is 5.17. The van der Waals surface area contributed by atoms with Gasteiger partial charge in [-0.2, -0.15) is 5.10 Å². The Bertz CT molecular complexity index is 591. The molecule has 1 heterocycles. The first-order valence-corrected chi connectivity index (χ1v) is 7.25. The van der Waals surface area contributed by atoms with Crippen molar-refractivity contribution in [1.29, 1.82) is 0 Å². The summed E-state index contributed by atoms with van der Waals surface area (Å²) in [4.78, 5) is 11.8. The van der Waals surface area contributed by atoms with E-state index in [4.69, 9.17) is 5.73 Å². The second kappa shape index (κ2) is 7.47. The first-order chi connectivity index (χ1) is 10.2. The number of hydrogen-bond acceptors (Lipinski definition) is 3. The fraction of sp³-hybridized carbons (Fsp3) is 0.375. The Hall–Kier alpha value is -2.30. The molecule has 4 N–H and O–H groups in total. The van der Waals surface area contributed by atoms with Crippen molar-refractivity contribution in [2.45, 2.75) is 32.6 Å². The maximum atomic E-state index is 11.8. The highest BCUT2D eigenvalue weighted by atomic mass is 16.1. The van der Waals surface area contributed by atoms with Crippen LogP contribution >= 0.6 is 0 Å². The number of benzene rings is 1. The number of H-pyrrole nitrogens is 1. The number of nitrogens with zero attached hydrogens (tertiary/aromatic N) is 1. The van der Waals surface area contributed by atoms with Crippen LogP contribution in [0.4, 0.5) is 5.69 Å². The quantitative estimate of drug-likeness (QED) is 0.537. The average Bonchev–Trinajstić information content (AvgIpc) is 2.88. The summed E-state index contributed by atoms with van der Waals surface area (Å²) in [5, 5.41) is 9.84. The predicted molar refractivity (Wildman–Crippen MR) is 83.8 cm³/mol. The molecule has 2 aromatic rings. The van der Waals surface area contributed by atoms with Crippen LogP contribution in [-0.4, -0.2) is 22.6 Å². The SMILES string of the molecule is Cc1[nH]ncc1CCCNC(=O)CCc1ccccc1N. The molecule has 2 rings (SSSR count). The van der Waals surface area contributed by atoms with Crippen molar-refractivity contribution < 1.29 is 4.79 Å². The van der Waals surface area contributed by atoms with Crippen molar-refractivity contribution in [1.82, 2.24) is 15.5 Å². The maximum absolute atomic E-state index is 11.8. The van der Waals surface area contributed by atoms with Crippen LogP contribution in [0.25, 0.3) is 0 Å². The summed E-state index contributed by atoms with van der Waals surface area (Å²) >= 11 is 0. The van der Waals surface area contributed by atoms with Crippen LogP contribution in [-0.2, 0) is 17.6 Å². The van der Waals surface area contributed by atoms with Gasteiger partial charge in [-0.15, -0.1) is 0 Å². The summed E-state index contributed by atoms with van der Waals surface area (Å²) < 4.78 is 0. The first-order valence-electron chi connectivity index (χ1n) is 7.25. The van der Waals surface area contributed by atoms with Gasteiger partial charge in [0.15, 0.2) is 0 Å². The second-order valence-corrected chi connectivity index (χ2v) is 5.17. The first kappa shape index (κ1) is 15.1. The Morgan fingerprint density at radius 2 is 2.10 bits per heavy atom. The Labute approximate surface area is 124 Å². The highest BCUT2D eigenvalue weighted by Crippen LogP contribution is 2.12. The lowest BCUT2D eigenvalue weighted by atomic mass is 10.1. The summed E-state index contributed by atoms with van der Waals surface area (Å²) in [5.41, 5.74) is 9.94. The lowest BCUT2D eigenvalue weighted by Gasteiger charge is -2.07. The monoisotopic (exact) mass is 286 g/mol. The maximum Gasteiger partial charge on any atom is 0.220 e. The van der Waals surface area contributed by atoms with Crippen LogP contribution in [0.2, 0.25) is 0 Å². The van der Waals surface area contributed by atoms with E-state index in [0.717, 1.165) is 29.8 Å². The Balaban J connectivity index is 1.64. The number of aryl methyl sites for hydroxylation is 3. The van der Waals surface area contributed by atoms with E-state index >= 15 is 0 Å². The van der Waals surface area contributed by atoms with E-state index in [0.29, 0.717) is 19.4 Å². The zero-order valence-corrected chi connectivity index (χ0v) is 12.4. The highest BCUT2D eigenvalue weighted by Gasteiger charge is 2.04. The van der Waals surface area contributed by atoms with Crippen molar-refractivity contribution in [3.63, 3.8) is 0 Å². The lowest BCUT2D eigenvalue weighted by molar-refractivity contribution is -0.121. The molecule has 0 atom stereocenters. The fourth-order valence-corrected chi connectivity index (χ4v) is 2.23. The van der Waals surface area contributed by atoms with Crippen molar-refractivity contribution in [3.05, 3.63) is 47.3 Å². The number of hydrogen-bond donors (Lipinski definition) is 3. The van der Waals surface area contributed by atoms with Crippen LogP contribution < -0.4 is 11.1 Å². The summed E-state index contributed by atoms with van der Waals surface area (Å²) in [5.74, 6) is 0.0715. The van der Waals surface area contributed by atoms with Gasteiger partial charge in [-0.3, -0.25) is 9.89 Å². The Morgan fingerprint density at radius 3 is 2.81 bits per heavy atom. The number of aromatic nitrogens is 2. The number of nitrogens with one attached hydrogen (secondary N) is 2. The van der Waals surface area contributed by atoms with E-state index in [-0.39, 0.29) is 5.91 Å². The number of para-hydroxylation sites is 1. The molecule has 1 aromatic carbocycles. The predicted octanol–water partition coefficient (Wildman–Crippen LogP) is 1.98. The molecule has 0 bridgehead atoms. The number of anilines is 1. The van der Waals surface area contributed by atoms with Gasteiger partial charge in [-0.05, 0) is 43.4 Å². The molecular weight excluding hydrogens is 264 g/mol. The van der Waals surface area contributed by atoms with Crippen LogP contribution in [0.15, 0.2) is 30.5 Å². The largest absolute Gasteiger partial charge is 0.399 e. The molecule has 1 amide bonds. The van der Waals surface area contributed by atoms with E-state index in [2.05, 4.69) is 15.5 Å². The third-order valence-corrected chi connectivity index (χ3v) is 3.56. The van der Waals surface area contributed by atoms with E-state index in [1.807, 2.05) is 37.4 Å². The smallest absolute Gasteiger partial charge is 0.220 e. The molecule has 0 aliphatic carbocycles. The lowest BCUT2D eigenvalue weighted by Crippen LogP contribution is -2.25. The molecule has 0 radical (unpaired) electrons. The topological polar surface area (TPSA) is 83.8 Å². The third kappa shape index (κ3) is 4.63. The summed E-state index contributed by atoms with van der Waals surface area (Å²) in [6.45, 7) is 2.69. The number of carbonyl (C=O) groups is 1. The number of nitrogens with two attached hydrogens (primary N) is 1. The van der Waals surface area contributed by atoms with Gasteiger partial charge in [0, 0.05) is 24.3 Å². The minimum Gasteiger partial charge on any atom is -0.399 e. The summed E-state index contributed by atoms with van der Waals surface area (Å²) in [6, 6.07) is 7.67. The molecule has 0 spiro atoms. The van der Waals surface area contributed by atoms with Gasteiger partial charge in [-0.1, -0.05) is 18.2 Å². The van der Waals surface area contributed by atoms with Gasteiger partial charge in [0.2, 0.25) is 5.91 Å². The molecule has 0 aliphatic heterocycles. The summed E-state index contributed by atoms with van der Waals surface area (Å²) in [7, 11) is 0. The van der Waals surface area contributed by atoms with Crippen LogP contribution in [0.1, 0.15) is 29.7 Å². The van der Waals surface area contributed by atoms with E-state index in [1.54, 1.807) is 0 Å². The zero-order chi connectivity index (χ0) is 15.1. The molecule has 0 aliphatic rings. The van der Waals surface area contributed by atoms with E-state index in [1.165, 1.54) is 5.56 Å². The molecule has 0 saturated carbocycles. The van der Waals surface area contributed by atoms with Crippen molar-refractivity contribution >= 4 is 11.6 Å². The van der Waals surface area contributed by atoms with Gasteiger partial charge in [0.25, 0.3) is 0 Å². The molecule has 0 saturated heterocycles. The molecule has 0 unspecified atom stereocenters. The molecule has 112 valence electrons. The fourth-order valence-electron chi connectivity index (χ4n) is 2.23. The van der Waals surface area contributed by atoms with E-state index in [9.17, 15) is 4.79 Å². The van der Waals surface area contributed by atoms with Gasteiger partial charge < -0.3 is 11.1 Å². The number of amides is 1. The Morgan fingerprint density at radius 1 is 1.29 bits per heavy atom.